The van der Waals surface area contributed by atoms with Gasteiger partial charge in [0.15, 0.2) is 0 Å². The normalized spacial score (nSPS) is 41.5. The lowest BCUT2D eigenvalue weighted by atomic mass is 9.31. The molecular weight excluding hydrogens is 612 g/mol. The number of carboxylic acid groups (broad SMARTS) is 2. The van der Waals surface area contributed by atoms with Crippen molar-refractivity contribution in [1.29, 1.82) is 0 Å². The molecule has 272 valence electrons. The molecule has 11 atom stereocenters. The van der Waals surface area contributed by atoms with E-state index in [9.17, 15) is 24.6 Å². The largest absolute Gasteiger partial charge is 0.481 e. The van der Waals surface area contributed by atoms with E-state index in [1.54, 1.807) is 12.1 Å². The summed E-state index contributed by atoms with van der Waals surface area (Å²) in [6, 6.07) is 7.68. The Hall–Kier alpha value is -2.41. The summed E-state index contributed by atoms with van der Waals surface area (Å²) in [5.41, 5.74) is 1.79. The number of amides is 1. The van der Waals surface area contributed by atoms with E-state index in [0.29, 0.717) is 35.8 Å². The Bertz CT molecular complexity index is 1440. The van der Waals surface area contributed by atoms with Crippen LogP contribution in [-0.2, 0) is 9.59 Å². The molecule has 0 radical (unpaired) electrons. The van der Waals surface area contributed by atoms with Crippen LogP contribution >= 0.6 is 0 Å². The van der Waals surface area contributed by atoms with Gasteiger partial charge in [0.1, 0.15) is 0 Å². The number of carbonyl (C=O) groups excluding carboxylic acids is 1. The molecule has 5 aliphatic rings. The molecule has 5 aliphatic carbocycles. The topological polar surface area (TPSA) is 107 Å². The van der Waals surface area contributed by atoms with Crippen LogP contribution in [0.15, 0.2) is 24.3 Å². The van der Waals surface area contributed by atoms with Gasteiger partial charge in [-0.25, -0.2) is 4.79 Å². The van der Waals surface area contributed by atoms with Crippen molar-refractivity contribution in [2.24, 2.45) is 62.6 Å². The van der Waals surface area contributed by atoms with Gasteiger partial charge >= 0.3 is 11.9 Å². The maximum absolute atomic E-state index is 14.3. The predicted octanol–water partition coefficient (Wildman–Crippen LogP) is 8.34. The van der Waals surface area contributed by atoms with E-state index < -0.39 is 17.4 Å². The zero-order valence-corrected chi connectivity index (χ0v) is 31.6. The zero-order chi connectivity index (χ0) is 35.7. The summed E-state index contributed by atoms with van der Waals surface area (Å²) in [6.45, 7) is 16.4. The van der Waals surface area contributed by atoms with Crippen molar-refractivity contribution in [2.75, 3.05) is 27.2 Å². The van der Waals surface area contributed by atoms with Crippen LogP contribution in [0.25, 0.3) is 0 Å². The van der Waals surface area contributed by atoms with Gasteiger partial charge in [-0.3, -0.25) is 9.59 Å². The number of benzene rings is 1. The van der Waals surface area contributed by atoms with Crippen LogP contribution in [0.2, 0.25) is 0 Å². The van der Waals surface area contributed by atoms with Gasteiger partial charge in [-0.15, -0.1) is 0 Å². The van der Waals surface area contributed by atoms with Crippen molar-refractivity contribution in [3.8, 4) is 0 Å². The number of nitrogens with one attached hydrogen (secondary N) is 1. The predicted molar refractivity (Wildman–Crippen MR) is 193 cm³/mol. The van der Waals surface area contributed by atoms with Crippen molar-refractivity contribution < 1.29 is 24.6 Å². The van der Waals surface area contributed by atoms with Gasteiger partial charge in [0.25, 0.3) is 0 Å². The first-order valence-corrected chi connectivity index (χ1v) is 19.4. The molecule has 0 aromatic heterocycles. The number of carboxylic acids is 2. The Balaban J connectivity index is 1.31. The van der Waals surface area contributed by atoms with Gasteiger partial charge < -0.3 is 20.4 Å². The van der Waals surface area contributed by atoms with Gasteiger partial charge in [-0.1, -0.05) is 53.7 Å². The Morgan fingerprint density at radius 1 is 0.837 bits per heavy atom. The third-order valence-corrected chi connectivity index (χ3v) is 16.6. The standard InChI is InChI=1S/C42H64N2O5/c1-26(25-34(45)46)29-15-20-42(37(49)43-23-24-44(7)8)22-21-40(5)31(35(29)42)13-14-33-39(4)18-16-30(27-9-11-28(12-10-27)36(47)48)38(2,3)32(39)17-19-41(33,40)6/h9-12,26,29-33,35H,13-25H2,1-8H3,(H,43,49)(H,45,46)(H,47,48)/t26?,29-,30+,31+,32-,33+,35+,39-,40+,41+,42-/m0/s1. The number of carbonyl (C=O) groups is 3. The van der Waals surface area contributed by atoms with Crippen molar-refractivity contribution in [1.82, 2.24) is 10.2 Å². The molecule has 0 bridgehead atoms. The lowest BCUT2D eigenvalue weighted by Gasteiger charge is -2.73. The second kappa shape index (κ2) is 12.7. The van der Waals surface area contributed by atoms with Gasteiger partial charge in [-0.2, -0.15) is 0 Å². The van der Waals surface area contributed by atoms with Crippen LogP contribution in [0.5, 0.6) is 0 Å². The molecule has 1 aromatic rings. The smallest absolute Gasteiger partial charge is 0.335 e. The van der Waals surface area contributed by atoms with E-state index in [1.165, 1.54) is 31.2 Å². The minimum atomic E-state index is -0.872. The maximum atomic E-state index is 14.3. The van der Waals surface area contributed by atoms with Crippen LogP contribution in [0.1, 0.15) is 134 Å². The fourth-order valence-corrected chi connectivity index (χ4v) is 14.1. The zero-order valence-electron chi connectivity index (χ0n) is 31.6. The molecule has 0 saturated heterocycles. The number of hydrogen-bond acceptors (Lipinski definition) is 4. The SMILES string of the molecule is CC(CC(=O)O)[C@@H]1CC[C@]2(C(=O)NCCN(C)C)CC[C@]3(C)[C@H](CC[C@@H]4[C@@]5(C)CC[C@H](c6ccc(C(=O)O)cc6)C(C)(C)[C@@H]5CC[C@]43C)[C@@H]12. The van der Waals surface area contributed by atoms with E-state index in [1.807, 2.05) is 14.1 Å². The van der Waals surface area contributed by atoms with Crippen LogP contribution in [0, 0.1) is 62.6 Å². The second-order valence-electron chi connectivity index (χ2n) is 19.0. The summed E-state index contributed by atoms with van der Waals surface area (Å²) in [5, 5.41) is 22.7. The molecule has 1 unspecified atom stereocenters. The highest BCUT2D eigenvalue weighted by Gasteiger charge is 2.72. The quantitative estimate of drug-likeness (QED) is 0.243. The lowest BCUT2D eigenvalue weighted by Crippen LogP contribution is -2.67. The minimum Gasteiger partial charge on any atom is -0.481 e. The summed E-state index contributed by atoms with van der Waals surface area (Å²) in [4.78, 5) is 40.0. The van der Waals surface area contributed by atoms with Crippen LogP contribution in [0.3, 0.4) is 0 Å². The number of fused-ring (bicyclic) bond motifs is 7. The number of rotatable bonds is 9. The molecule has 7 heteroatoms. The highest BCUT2D eigenvalue weighted by molar-refractivity contribution is 5.87. The van der Waals surface area contributed by atoms with Crippen molar-refractivity contribution >= 4 is 17.8 Å². The average molecular weight is 677 g/mol. The summed E-state index contributed by atoms with van der Waals surface area (Å²) in [5.74, 6) is 1.18. The minimum absolute atomic E-state index is 0.0562. The molecule has 0 heterocycles. The molecule has 7 nitrogen and oxygen atoms in total. The summed E-state index contributed by atoms with van der Waals surface area (Å²) < 4.78 is 0. The van der Waals surface area contributed by atoms with Crippen molar-refractivity contribution in [2.45, 2.75) is 118 Å². The molecule has 5 fully saturated rings. The van der Waals surface area contributed by atoms with Gasteiger partial charge in [0.05, 0.1) is 11.0 Å². The van der Waals surface area contributed by atoms with E-state index in [-0.39, 0.29) is 51.7 Å². The molecular formula is C42H64N2O5. The Kier molecular flexibility index (Phi) is 9.41. The Labute approximate surface area is 295 Å². The fraction of sp³-hybridized carbons (Fsp3) is 0.786. The van der Waals surface area contributed by atoms with E-state index in [4.69, 9.17) is 0 Å². The molecule has 0 spiro atoms. The summed E-state index contributed by atoms with van der Waals surface area (Å²) in [6.07, 6.45) is 11.0. The van der Waals surface area contributed by atoms with E-state index in [2.05, 4.69) is 63.9 Å². The molecule has 6 rings (SSSR count). The van der Waals surface area contributed by atoms with Gasteiger partial charge in [-0.05, 0) is 159 Å². The molecule has 3 N–H and O–H groups in total. The van der Waals surface area contributed by atoms with Gasteiger partial charge in [0, 0.05) is 19.5 Å². The van der Waals surface area contributed by atoms with Crippen LogP contribution in [-0.4, -0.2) is 60.1 Å². The molecule has 1 aromatic carbocycles. The Morgan fingerprint density at radius 3 is 2.16 bits per heavy atom. The molecule has 1 amide bonds. The third-order valence-electron chi connectivity index (χ3n) is 16.6. The molecule has 49 heavy (non-hydrogen) atoms. The first-order valence-electron chi connectivity index (χ1n) is 19.4. The number of nitrogens with zero attached hydrogens (tertiary/aromatic N) is 1. The van der Waals surface area contributed by atoms with Crippen molar-refractivity contribution in [3.63, 3.8) is 0 Å². The first-order chi connectivity index (χ1) is 22.9. The molecule has 0 aliphatic heterocycles. The monoisotopic (exact) mass is 676 g/mol. The van der Waals surface area contributed by atoms with E-state index >= 15 is 0 Å². The fourth-order valence-electron chi connectivity index (χ4n) is 14.1. The van der Waals surface area contributed by atoms with Gasteiger partial charge in [0.2, 0.25) is 5.91 Å². The average Bonchev–Trinajstić information content (AvgIpc) is 3.42. The maximum Gasteiger partial charge on any atom is 0.335 e. The number of aromatic carboxylic acids is 1. The molecule has 5 saturated carbocycles. The number of aliphatic carboxylic acids is 1. The Morgan fingerprint density at radius 2 is 1.53 bits per heavy atom. The van der Waals surface area contributed by atoms with Crippen LogP contribution < -0.4 is 5.32 Å². The van der Waals surface area contributed by atoms with Crippen molar-refractivity contribution in [3.05, 3.63) is 35.4 Å². The highest BCUT2D eigenvalue weighted by Crippen LogP contribution is 2.78. The third kappa shape index (κ3) is 5.58. The second-order valence-corrected chi connectivity index (χ2v) is 19.0. The summed E-state index contributed by atoms with van der Waals surface area (Å²) in [7, 11) is 4.08. The summed E-state index contributed by atoms with van der Waals surface area (Å²) >= 11 is 0. The number of likely N-dealkylation sites (N-methyl/N-ethyl adjacent to an activating group) is 1. The van der Waals surface area contributed by atoms with E-state index in [0.717, 1.165) is 45.1 Å². The highest BCUT2D eigenvalue weighted by atomic mass is 16.4. The number of hydrogen-bond donors (Lipinski definition) is 3. The van der Waals surface area contributed by atoms with Crippen LogP contribution in [0.4, 0.5) is 0 Å². The lowest BCUT2D eigenvalue weighted by molar-refractivity contribution is -0.239. The first kappa shape index (κ1) is 36.4.